The number of non-ortho nitro benzene ring substituents is 1. The van der Waals surface area contributed by atoms with Gasteiger partial charge in [-0.2, -0.15) is 5.10 Å². The second-order valence-electron chi connectivity index (χ2n) is 7.18. The van der Waals surface area contributed by atoms with E-state index in [1.54, 1.807) is 24.4 Å². The van der Waals surface area contributed by atoms with Crippen LogP contribution >= 0.6 is 0 Å². The lowest BCUT2D eigenvalue weighted by Crippen LogP contribution is -2.44. The fourth-order valence-electron chi connectivity index (χ4n) is 3.40. The molecule has 0 atom stereocenters. The molecule has 0 radical (unpaired) electrons. The molecule has 1 fully saturated rings. The number of amides is 1. The molecule has 2 heterocycles. The number of likely N-dealkylation sites (N-methyl/N-ethyl adjacent to an activating group) is 1. The maximum Gasteiger partial charge on any atom is 0.276 e. The van der Waals surface area contributed by atoms with Gasteiger partial charge in [0.2, 0.25) is 0 Å². The smallest absolute Gasteiger partial charge is 0.276 e. The molecule has 0 spiro atoms. The van der Waals surface area contributed by atoms with E-state index in [-0.39, 0.29) is 17.3 Å². The third kappa shape index (κ3) is 4.15. The predicted octanol–water partition coefficient (Wildman–Crippen LogP) is 2.78. The van der Waals surface area contributed by atoms with Gasteiger partial charge in [-0.25, -0.2) is 4.68 Å². The summed E-state index contributed by atoms with van der Waals surface area (Å²) < 4.78 is 1.52. The largest absolute Gasteiger partial charge is 0.367 e. The zero-order valence-electron chi connectivity index (χ0n) is 16.6. The monoisotopic (exact) mass is 406 g/mol. The summed E-state index contributed by atoms with van der Waals surface area (Å²) in [5.41, 5.74) is 2.65. The third-order valence-electron chi connectivity index (χ3n) is 5.14. The minimum Gasteiger partial charge on any atom is -0.367 e. The number of nitrogens with one attached hydrogen (secondary N) is 1. The van der Waals surface area contributed by atoms with Gasteiger partial charge in [0.25, 0.3) is 11.6 Å². The highest BCUT2D eigenvalue weighted by atomic mass is 16.6. The zero-order chi connectivity index (χ0) is 21.1. The van der Waals surface area contributed by atoms with E-state index in [0.717, 1.165) is 37.6 Å². The number of para-hydroxylation sites is 2. The standard InChI is InChI=1S/C21H22N6O3/c1-24-12-14-25(15-13-24)20-5-3-2-4-18(20)22-21(28)19-10-11-26(23-19)16-6-8-17(9-7-16)27(29)30/h2-11H,12-15H2,1H3,(H,22,28). The number of nitro benzene ring substituents is 1. The molecule has 0 unspecified atom stereocenters. The van der Waals surface area contributed by atoms with Gasteiger partial charge >= 0.3 is 0 Å². The van der Waals surface area contributed by atoms with Crippen LogP contribution in [0.4, 0.5) is 17.1 Å². The van der Waals surface area contributed by atoms with Crippen LogP contribution in [-0.4, -0.2) is 58.7 Å². The van der Waals surface area contributed by atoms with Crippen LogP contribution in [0.15, 0.2) is 60.8 Å². The number of aromatic nitrogens is 2. The van der Waals surface area contributed by atoms with E-state index >= 15 is 0 Å². The Balaban J connectivity index is 1.49. The summed E-state index contributed by atoms with van der Waals surface area (Å²) in [6, 6.07) is 15.4. The lowest BCUT2D eigenvalue weighted by molar-refractivity contribution is -0.384. The summed E-state index contributed by atoms with van der Waals surface area (Å²) in [7, 11) is 2.10. The van der Waals surface area contributed by atoms with Crippen LogP contribution in [0.3, 0.4) is 0 Å². The Labute approximate surface area is 173 Å². The van der Waals surface area contributed by atoms with Crippen LogP contribution in [-0.2, 0) is 0 Å². The number of benzene rings is 2. The average Bonchev–Trinajstić information content (AvgIpc) is 3.25. The fourth-order valence-corrected chi connectivity index (χ4v) is 3.40. The van der Waals surface area contributed by atoms with Gasteiger partial charge in [-0.15, -0.1) is 0 Å². The van der Waals surface area contributed by atoms with Crippen molar-refractivity contribution >= 4 is 23.0 Å². The molecule has 30 heavy (non-hydrogen) atoms. The molecule has 3 aromatic rings. The van der Waals surface area contributed by atoms with Crippen molar-refractivity contribution in [2.75, 3.05) is 43.4 Å². The van der Waals surface area contributed by atoms with E-state index in [9.17, 15) is 14.9 Å². The lowest BCUT2D eigenvalue weighted by Gasteiger charge is -2.35. The topological polar surface area (TPSA) is 96.5 Å². The number of carbonyl (C=O) groups excluding carboxylic acids is 1. The highest BCUT2D eigenvalue weighted by molar-refractivity contribution is 6.04. The summed E-state index contributed by atoms with van der Waals surface area (Å²) in [6.07, 6.45) is 1.66. The van der Waals surface area contributed by atoms with Crippen molar-refractivity contribution in [1.82, 2.24) is 14.7 Å². The van der Waals surface area contributed by atoms with E-state index < -0.39 is 4.92 Å². The molecule has 0 saturated carbocycles. The molecule has 1 aromatic heterocycles. The van der Waals surface area contributed by atoms with Crippen LogP contribution in [0.2, 0.25) is 0 Å². The van der Waals surface area contributed by atoms with E-state index in [2.05, 4.69) is 27.3 Å². The average molecular weight is 406 g/mol. The van der Waals surface area contributed by atoms with Crippen LogP contribution in [0, 0.1) is 10.1 Å². The summed E-state index contributed by atoms with van der Waals surface area (Å²) in [5.74, 6) is -0.308. The van der Waals surface area contributed by atoms with Crippen molar-refractivity contribution in [3.63, 3.8) is 0 Å². The highest BCUT2D eigenvalue weighted by Crippen LogP contribution is 2.27. The number of rotatable bonds is 5. The molecular weight excluding hydrogens is 384 g/mol. The van der Waals surface area contributed by atoms with Crippen LogP contribution in [0.1, 0.15) is 10.5 Å². The first kappa shape index (κ1) is 19.6. The van der Waals surface area contributed by atoms with Gasteiger partial charge in [0.15, 0.2) is 5.69 Å². The molecule has 0 bridgehead atoms. The van der Waals surface area contributed by atoms with Gasteiger partial charge in [-0.3, -0.25) is 14.9 Å². The maximum absolute atomic E-state index is 12.8. The molecule has 9 nitrogen and oxygen atoms in total. The lowest BCUT2D eigenvalue weighted by atomic mass is 10.2. The Bertz CT molecular complexity index is 1050. The van der Waals surface area contributed by atoms with E-state index in [1.807, 2.05) is 24.3 Å². The van der Waals surface area contributed by atoms with Crippen molar-refractivity contribution in [3.8, 4) is 5.69 Å². The maximum atomic E-state index is 12.8. The van der Waals surface area contributed by atoms with Crippen molar-refractivity contribution in [2.24, 2.45) is 0 Å². The van der Waals surface area contributed by atoms with Gasteiger partial charge in [-0.05, 0) is 37.4 Å². The van der Waals surface area contributed by atoms with E-state index in [4.69, 9.17) is 0 Å². The second-order valence-corrected chi connectivity index (χ2v) is 7.18. The molecule has 1 saturated heterocycles. The molecule has 4 rings (SSSR count). The molecule has 1 aliphatic heterocycles. The SMILES string of the molecule is CN1CCN(c2ccccc2NC(=O)c2ccn(-c3ccc([N+](=O)[O-])cc3)n2)CC1. The quantitative estimate of drug-likeness (QED) is 0.517. The molecular formula is C21H22N6O3. The van der Waals surface area contributed by atoms with Crippen LogP contribution < -0.4 is 10.2 Å². The number of nitrogens with zero attached hydrogens (tertiary/aromatic N) is 5. The van der Waals surface area contributed by atoms with Crippen molar-refractivity contribution in [3.05, 3.63) is 76.6 Å². The van der Waals surface area contributed by atoms with Crippen LogP contribution in [0.5, 0.6) is 0 Å². The van der Waals surface area contributed by atoms with Crippen molar-refractivity contribution in [1.29, 1.82) is 0 Å². The summed E-state index contributed by atoms with van der Waals surface area (Å²) >= 11 is 0. The molecule has 0 aliphatic carbocycles. The number of hydrogen-bond acceptors (Lipinski definition) is 6. The van der Waals surface area contributed by atoms with E-state index in [1.165, 1.54) is 16.8 Å². The van der Waals surface area contributed by atoms with Gasteiger partial charge < -0.3 is 15.1 Å². The first-order valence-corrected chi connectivity index (χ1v) is 9.65. The number of nitro groups is 1. The highest BCUT2D eigenvalue weighted by Gasteiger charge is 2.19. The van der Waals surface area contributed by atoms with Gasteiger partial charge in [0.1, 0.15) is 0 Å². The Kier molecular flexibility index (Phi) is 5.44. The first-order chi connectivity index (χ1) is 14.5. The summed E-state index contributed by atoms with van der Waals surface area (Å²) in [5, 5.41) is 18.1. The first-order valence-electron chi connectivity index (χ1n) is 9.65. The molecule has 1 N–H and O–H groups in total. The van der Waals surface area contributed by atoms with Crippen LogP contribution in [0.25, 0.3) is 5.69 Å². The fraction of sp³-hybridized carbons (Fsp3) is 0.238. The Morgan fingerprint density at radius 3 is 2.43 bits per heavy atom. The summed E-state index contributed by atoms with van der Waals surface area (Å²) in [6.45, 7) is 3.75. The number of hydrogen-bond donors (Lipinski definition) is 1. The van der Waals surface area contributed by atoms with Gasteiger partial charge in [0, 0.05) is 44.5 Å². The second kappa shape index (κ2) is 8.34. The minimum absolute atomic E-state index is 0.00406. The Morgan fingerprint density at radius 2 is 1.73 bits per heavy atom. The molecule has 1 aliphatic rings. The number of carbonyl (C=O) groups is 1. The molecule has 9 heteroatoms. The zero-order valence-corrected chi connectivity index (χ0v) is 16.6. The van der Waals surface area contributed by atoms with Crippen molar-refractivity contribution < 1.29 is 9.72 Å². The number of anilines is 2. The Hall–Kier alpha value is -3.72. The predicted molar refractivity (Wildman–Crippen MR) is 114 cm³/mol. The molecule has 2 aromatic carbocycles. The summed E-state index contributed by atoms with van der Waals surface area (Å²) in [4.78, 5) is 27.7. The molecule has 154 valence electrons. The van der Waals surface area contributed by atoms with Gasteiger partial charge in [0.05, 0.1) is 22.0 Å². The van der Waals surface area contributed by atoms with Crippen molar-refractivity contribution in [2.45, 2.75) is 0 Å². The number of piperazine rings is 1. The van der Waals surface area contributed by atoms with E-state index in [0.29, 0.717) is 5.69 Å². The minimum atomic E-state index is -0.455. The molecule has 1 amide bonds. The Morgan fingerprint density at radius 1 is 1.03 bits per heavy atom. The normalized spacial score (nSPS) is 14.5. The van der Waals surface area contributed by atoms with Gasteiger partial charge in [-0.1, -0.05) is 12.1 Å². The third-order valence-corrected chi connectivity index (χ3v) is 5.14.